The molecule has 0 amide bonds. The summed E-state index contributed by atoms with van der Waals surface area (Å²) >= 11 is 0. The van der Waals surface area contributed by atoms with Gasteiger partial charge in [-0.3, -0.25) is 0 Å². The second-order valence-electron chi connectivity index (χ2n) is 26.9. The first-order valence-electron chi connectivity index (χ1n) is 34.1. The van der Waals surface area contributed by atoms with Gasteiger partial charge in [-0.05, 0) is 195 Å². The maximum absolute atomic E-state index is 13.3. The van der Waals surface area contributed by atoms with E-state index in [0.29, 0.717) is 17.8 Å². The molecule has 4 nitrogen and oxygen atoms in total. The van der Waals surface area contributed by atoms with Crippen molar-refractivity contribution < 1.29 is 9.52 Å². The van der Waals surface area contributed by atoms with Gasteiger partial charge >= 0.3 is 0 Å². The minimum atomic E-state index is 0.193. The maximum atomic E-state index is 13.3. The van der Waals surface area contributed by atoms with Gasteiger partial charge in [0.15, 0.2) is 5.58 Å². The van der Waals surface area contributed by atoms with E-state index in [-0.39, 0.29) is 17.6 Å². The van der Waals surface area contributed by atoms with E-state index in [0.717, 1.165) is 103 Å². The van der Waals surface area contributed by atoms with Crippen molar-refractivity contribution >= 4 is 82.7 Å². The lowest BCUT2D eigenvalue weighted by atomic mass is 9.77. The monoisotopic (exact) mass is 1180 g/mol. The zero-order chi connectivity index (χ0) is 61.1. The fourth-order valence-corrected chi connectivity index (χ4v) is 16.4. The fourth-order valence-electron chi connectivity index (χ4n) is 16.4. The summed E-state index contributed by atoms with van der Waals surface area (Å²) in [7, 11) is 0. The van der Waals surface area contributed by atoms with E-state index in [1.807, 2.05) is 0 Å². The van der Waals surface area contributed by atoms with E-state index in [1.165, 1.54) is 130 Å². The number of hydrogen-bond donors (Lipinski definition) is 1. The van der Waals surface area contributed by atoms with Crippen LogP contribution in [0.3, 0.4) is 0 Å². The Bertz CT molecular complexity index is 4710. The number of phenols is 1. The minimum Gasteiger partial charge on any atom is -0.505 e. The number of fused-ring (bicyclic) bond motifs is 3. The number of benzene rings is 11. The molecule has 3 aliphatic rings. The predicted molar refractivity (Wildman–Crippen MR) is 383 cm³/mol. The second-order valence-corrected chi connectivity index (χ2v) is 26.9. The highest BCUT2D eigenvalue weighted by atomic mass is 16.3. The number of anilines is 5. The Hall–Kier alpha value is -8.86. The van der Waals surface area contributed by atoms with Gasteiger partial charge in [0.05, 0.1) is 22.7 Å². The van der Waals surface area contributed by atoms with Crippen molar-refractivity contribution in [3.05, 3.63) is 240 Å². The largest absolute Gasteiger partial charge is 0.505 e. The summed E-state index contributed by atoms with van der Waals surface area (Å²) in [5.74, 6) is 2.45. The number of rotatable bonds is 15. The molecule has 0 saturated heterocycles. The molecule has 450 valence electrons. The summed E-state index contributed by atoms with van der Waals surface area (Å²) in [5, 5.41) is 22.9. The molecule has 2 fully saturated rings. The topological polar surface area (TPSA) is 39.9 Å². The SMILES string of the molecule is CCc1ccccc1-c1cccc(-c2cccc(N(C3=CCC(C4CCCCC4)C=C3)c3cc(C(C)C)c4ccc5c(N(c6ccc(C7CCCCC7)cc6)c6cccc7c6oc6c(-c8ccccc8CC)cccc67)cc(C(C)C)c6ccc3c4c65)c2O)c1. The maximum Gasteiger partial charge on any atom is 0.159 e. The molecule has 0 aliphatic heterocycles. The summed E-state index contributed by atoms with van der Waals surface area (Å²) in [4.78, 5) is 4.95. The normalized spacial score (nSPS) is 16.0. The first-order chi connectivity index (χ1) is 44.1. The van der Waals surface area contributed by atoms with Gasteiger partial charge in [-0.15, -0.1) is 0 Å². The Morgan fingerprint density at radius 1 is 0.456 bits per heavy atom. The van der Waals surface area contributed by atoms with Crippen molar-refractivity contribution in [3.8, 4) is 39.1 Å². The third-order valence-electron chi connectivity index (χ3n) is 21.1. The average Bonchev–Trinajstić information content (AvgIpc) is 0.726. The van der Waals surface area contributed by atoms with E-state index in [9.17, 15) is 5.11 Å². The van der Waals surface area contributed by atoms with Gasteiger partial charge in [0.1, 0.15) is 11.3 Å². The van der Waals surface area contributed by atoms with Crippen LogP contribution < -0.4 is 9.80 Å². The van der Waals surface area contributed by atoms with Gasteiger partial charge in [0, 0.05) is 44.1 Å². The highest BCUT2D eigenvalue weighted by Gasteiger charge is 2.31. The first kappa shape index (κ1) is 57.6. The molecule has 2 saturated carbocycles. The third kappa shape index (κ3) is 10.1. The van der Waals surface area contributed by atoms with E-state index in [2.05, 4.69) is 258 Å². The molecule has 1 N–H and O–H groups in total. The van der Waals surface area contributed by atoms with Crippen LogP contribution in [0.2, 0.25) is 0 Å². The summed E-state index contributed by atoms with van der Waals surface area (Å²) in [6.07, 6.45) is 23.2. The molecule has 1 unspecified atom stereocenters. The van der Waals surface area contributed by atoms with E-state index in [4.69, 9.17) is 4.42 Å². The van der Waals surface area contributed by atoms with Crippen LogP contribution in [0.5, 0.6) is 5.75 Å². The van der Waals surface area contributed by atoms with Gasteiger partial charge in [-0.1, -0.05) is 238 Å². The number of aryl methyl sites for hydroxylation is 2. The van der Waals surface area contributed by atoms with E-state index >= 15 is 0 Å². The molecule has 0 spiro atoms. The zero-order valence-electron chi connectivity index (χ0n) is 53.5. The number of furan rings is 1. The lowest BCUT2D eigenvalue weighted by Crippen LogP contribution is -2.22. The first-order valence-corrected chi connectivity index (χ1v) is 34.1. The van der Waals surface area contributed by atoms with Crippen molar-refractivity contribution in [3.63, 3.8) is 0 Å². The number of hydrogen-bond acceptors (Lipinski definition) is 4. The molecule has 3 aliphatic carbocycles. The summed E-state index contributed by atoms with van der Waals surface area (Å²) < 4.78 is 7.44. The van der Waals surface area contributed by atoms with Crippen LogP contribution >= 0.6 is 0 Å². The Labute approximate surface area is 532 Å². The number of aromatic hydroxyl groups is 1. The number of allylic oxidation sites excluding steroid dienone is 3. The third-order valence-corrected chi connectivity index (χ3v) is 21.1. The Morgan fingerprint density at radius 2 is 0.989 bits per heavy atom. The Balaban J connectivity index is 0.972. The van der Waals surface area contributed by atoms with Crippen LogP contribution in [0.1, 0.15) is 158 Å². The Morgan fingerprint density at radius 3 is 1.63 bits per heavy atom. The minimum absolute atomic E-state index is 0.193. The number of nitrogens with zero attached hydrogens (tertiary/aromatic N) is 2. The van der Waals surface area contributed by atoms with Gasteiger partial charge in [0.25, 0.3) is 0 Å². The van der Waals surface area contributed by atoms with Gasteiger partial charge in [-0.25, -0.2) is 0 Å². The fraction of sp³-hybridized carbons (Fsp3) is 0.279. The van der Waals surface area contributed by atoms with Crippen LogP contribution in [0.4, 0.5) is 28.4 Å². The highest BCUT2D eigenvalue weighted by molar-refractivity contribution is 6.30. The number of phenolic OH excluding ortho intramolecular Hbond substituents is 1. The molecule has 0 radical (unpaired) electrons. The molecule has 15 rings (SSSR count). The summed E-state index contributed by atoms with van der Waals surface area (Å²) in [6, 6.07) is 70.3. The van der Waals surface area contributed by atoms with Crippen molar-refractivity contribution in [2.24, 2.45) is 11.8 Å². The molecule has 1 aromatic heterocycles. The molecule has 11 aromatic carbocycles. The van der Waals surface area contributed by atoms with Gasteiger partial charge in [0.2, 0.25) is 0 Å². The quantitative estimate of drug-likeness (QED) is 0.104. The van der Waals surface area contributed by atoms with Crippen LogP contribution in [0, 0.1) is 11.8 Å². The van der Waals surface area contributed by atoms with Crippen molar-refractivity contribution in [1.82, 2.24) is 0 Å². The van der Waals surface area contributed by atoms with Crippen LogP contribution in [0.15, 0.2) is 216 Å². The molecular formula is C86H84N2O2. The highest BCUT2D eigenvalue weighted by Crippen LogP contribution is 2.54. The van der Waals surface area contributed by atoms with Gasteiger partial charge < -0.3 is 19.3 Å². The van der Waals surface area contributed by atoms with Crippen molar-refractivity contribution in [2.75, 3.05) is 9.80 Å². The smallest absolute Gasteiger partial charge is 0.159 e. The second kappa shape index (κ2) is 24.2. The standard InChI is InChI=1S/C86H84N2O2/c1-7-56-23-15-17-31-66(56)62-29-19-30-63(51-62)68-33-21-37-78(84(68)89)87(64-43-39-60(40-44-64)58-25-11-9-12-26-58)80-52-76(54(3)4)69-48-50-75-81(53-77(55(5)6)70-47-49-74(80)82(69)83(70)75)88(65-45-41-61(42-46-65)59-27-13-10-14-28-59)79-38-22-36-73-72-35-20-34-71(85(72)90-86(73)79)67-32-18-16-24-57(67)8-2/h15-24,29-39,41-55,58-60,89H,7-14,25-28,40H2,1-6H3. The zero-order valence-corrected chi connectivity index (χ0v) is 53.5. The van der Waals surface area contributed by atoms with Crippen molar-refractivity contribution in [1.29, 1.82) is 0 Å². The van der Waals surface area contributed by atoms with Crippen LogP contribution in [0.25, 0.3) is 87.6 Å². The van der Waals surface area contributed by atoms with Crippen LogP contribution in [-0.2, 0) is 12.8 Å². The van der Waals surface area contributed by atoms with Crippen LogP contribution in [-0.4, -0.2) is 5.11 Å². The predicted octanol–water partition coefficient (Wildman–Crippen LogP) is 25.3. The Kier molecular flexibility index (Phi) is 15.5. The molecular weight excluding hydrogens is 1090 g/mol. The number of para-hydroxylation sites is 3. The van der Waals surface area contributed by atoms with E-state index < -0.39 is 0 Å². The van der Waals surface area contributed by atoms with E-state index in [1.54, 1.807) is 0 Å². The lowest BCUT2D eigenvalue weighted by molar-refractivity contribution is 0.285. The molecule has 1 heterocycles. The summed E-state index contributed by atoms with van der Waals surface area (Å²) in [5.41, 5.74) is 21.2. The molecule has 0 bridgehead atoms. The molecule has 90 heavy (non-hydrogen) atoms. The average molecular weight is 1180 g/mol. The van der Waals surface area contributed by atoms with Crippen molar-refractivity contribution in [2.45, 2.75) is 143 Å². The lowest BCUT2D eigenvalue weighted by Gasteiger charge is -2.34. The molecule has 4 heteroatoms. The van der Waals surface area contributed by atoms with Gasteiger partial charge in [-0.2, -0.15) is 0 Å². The summed E-state index contributed by atoms with van der Waals surface area (Å²) in [6.45, 7) is 13.9. The molecule has 12 aromatic rings. The molecule has 1 atom stereocenters.